The van der Waals surface area contributed by atoms with E-state index in [9.17, 15) is 59.6 Å². The van der Waals surface area contributed by atoms with E-state index in [1.165, 1.54) is 12.3 Å². The van der Waals surface area contributed by atoms with Crippen LogP contribution >= 0.6 is 7.82 Å². The highest BCUT2D eigenvalue weighted by molar-refractivity contribution is 7.47. The van der Waals surface area contributed by atoms with E-state index in [2.05, 4.69) is 20.6 Å². The number of hydrogen-bond acceptors (Lipinski definition) is 18. The second kappa shape index (κ2) is 15.8. The number of phosphoric acid groups is 1. The van der Waals surface area contributed by atoms with Crippen molar-refractivity contribution < 1.29 is 73.3 Å². The molecule has 2 aliphatic heterocycles. The summed E-state index contributed by atoms with van der Waals surface area (Å²) in [7, 11) is -5.57. The maximum atomic E-state index is 13.1. The highest BCUT2D eigenvalue weighted by atomic mass is 31.2. The number of phosphoric ester groups is 1. The molecule has 1 amide bonds. The van der Waals surface area contributed by atoms with Gasteiger partial charge in [0.15, 0.2) is 6.23 Å². The topological polar surface area (TPSA) is 354 Å². The standard InChI is InChI=1S/C26H40N7O16P/c1-3-13(35)6-12-8-32(31-30-12)9-15(37)19(38)22-18(28-11(2)34)14(36)7-26(48-22,24(41)42)49-50(44,45)46-10-16-20(39)21(40)23(47-16)33-5-4-17(27)29-25(33)43/h4-5,8,13-16,18-23,35-40H,3,6-7,9-10H2,1-2H3,(H,28,34)(H,41,42)(H,44,45)(H2,27,29,43)/t13?,14-,15+,16+,18+,19+,20+,21+,22+,23+,26+/m0/s1. The van der Waals surface area contributed by atoms with Crippen molar-refractivity contribution >= 4 is 25.5 Å². The van der Waals surface area contributed by atoms with Gasteiger partial charge in [-0.05, 0) is 12.5 Å². The van der Waals surface area contributed by atoms with Gasteiger partial charge in [-0.25, -0.2) is 23.4 Å². The van der Waals surface area contributed by atoms with E-state index in [4.69, 9.17) is 24.3 Å². The van der Waals surface area contributed by atoms with E-state index in [1.54, 1.807) is 6.92 Å². The number of aliphatic carboxylic acids is 1. The number of ether oxygens (including phenoxy) is 2. The summed E-state index contributed by atoms with van der Waals surface area (Å²) in [6.07, 6.45) is -13.3. The Labute approximate surface area is 282 Å². The number of aliphatic hydroxyl groups is 6. The Bertz CT molecular complexity index is 1610. The van der Waals surface area contributed by atoms with Crippen molar-refractivity contribution in [2.45, 2.75) is 107 Å². The molecule has 2 unspecified atom stereocenters. The predicted molar refractivity (Wildman–Crippen MR) is 161 cm³/mol. The lowest BCUT2D eigenvalue weighted by Gasteiger charge is -2.46. The summed E-state index contributed by atoms with van der Waals surface area (Å²) in [6.45, 7) is 1.30. The molecule has 2 saturated heterocycles. The van der Waals surface area contributed by atoms with Crippen LogP contribution in [0.25, 0.3) is 0 Å². The summed E-state index contributed by atoms with van der Waals surface area (Å²) in [5, 5.41) is 83.7. The Kier molecular flexibility index (Phi) is 12.5. The fourth-order valence-corrected chi connectivity index (χ4v) is 6.37. The number of nitrogens with two attached hydrogens (primary N) is 1. The summed E-state index contributed by atoms with van der Waals surface area (Å²) in [5.41, 5.74) is 4.86. The van der Waals surface area contributed by atoms with Crippen LogP contribution in [0.15, 0.2) is 23.3 Å². The van der Waals surface area contributed by atoms with Crippen LogP contribution in [0, 0.1) is 0 Å². The number of aliphatic hydroxyl groups excluding tert-OH is 6. The van der Waals surface area contributed by atoms with Gasteiger partial charge >= 0.3 is 19.5 Å². The number of carboxylic acids is 1. The van der Waals surface area contributed by atoms with E-state index < -0.39 is 112 Å². The van der Waals surface area contributed by atoms with Gasteiger partial charge in [-0.3, -0.25) is 13.9 Å². The Morgan fingerprint density at radius 3 is 2.56 bits per heavy atom. The van der Waals surface area contributed by atoms with Gasteiger partial charge in [-0.15, -0.1) is 5.10 Å². The molecule has 12 atom stereocenters. The van der Waals surface area contributed by atoms with Gasteiger partial charge in [-0.1, -0.05) is 12.1 Å². The zero-order valence-electron chi connectivity index (χ0n) is 26.6. The molecular weight excluding hydrogens is 697 g/mol. The molecule has 2 fully saturated rings. The molecule has 24 heteroatoms. The average molecular weight is 738 g/mol. The number of nitrogen functional groups attached to an aromatic ring is 1. The monoisotopic (exact) mass is 737 g/mol. The molecule has 0 saturated carbocycles. The molecule has 2 aliphatic rings. The smallest absolute Gasteiger partial charge is 0.475 e. The van der Waals surface area contributed by atoms with Gasteiger partial charge in [-0.2, -0.15) is 4.98 Å². The fraction of sp³-hybridized carbons (Fsp3) is 0.692. The Morgan fingerprint density at radius 2 is 1.94 bits per heavy atom. The third kappa shape index (κ3) is 9.06. The first-order valence-electron chi connectivity index (χ1n) is 15.2. The number of nitrogens with one attached hydrogen (secondary N) is 1. The van der Waals surface area contributed by atoms with Crippen molar-refractivity contribution in [1.82, 2.24) is 29.9 Å². The van der Waals surface area contributed by atoms with E-state index in [1.807, 2.05) is 0 Å². The molecule has 4 rings (SSSR count). The minimum atomic E-state index is -5.57. The highest BCUT2D eigenvalue weighted by Gasteiger charge is 2.59. The molecule has 2 aromatic rings. The van der Waals surface area contributed by atoms with E-state index in [0.717, 1.165) is 22.4 Å². The van der Waals surface area contributed by atoms with E-state index in [-0.39, 0.29) is 12.2 Å². The third-order valence-corrected chi connectivity index (χ3v) is 9.00. The molecule has 0 aliphatic carbocycles. The third-order valence-electron chi connectivity index (χ3n) is 8.00. The Hall–Kier alpha value is -3.45. The summed E-state index contributed by atoms with van der Waals surface area (Å²) in [6, 6.07) is -0.372. The summed E-state index contributed by atoms with van der Waals surface area (Å²) in [4.78, 5) is 50.7. The summed E-state index contributed by atoms with van der Waals surface area (Å²) in [5.74, 6) is -6.21. The molecule has 0 aromatic carbocycles. The van der Waals surface area contributed by atoms with Crippen LogP contribution in [0.2, 0.25) is 0 Å². The maximum Gasteiger partial charge on any atom is 0.475 e. The maximum absolute atomic E-state index is 13.1. The van der Waals surface area contributed by atoms with Crippen molar-refractivity contribution in [2.75, 3.05) is 12.3 Å². The molecule has 4 heterocycles. The minimum absolute atomic E-state index is 0.138. The van der Waals surface area contributed by atoms with Crippen molar-refractivity contribution in [3.8, 4) is 0 Å². The SMILES string of the molecule is CCC(O)Cc1cn(C[C@@H](O)[C@@H](O)[C@@H]2O[C@](OP(=O)(O)OC[C@H]3O[C@@H](n4ccc(N)nc4=O)[C@H](O)[C@@H]3O)(C(=O)O)C[C@H](O)[C@H]2NC(C)=O)nn1. The zero-order chi connectivity index (χ0) is 37.1. The number of hydrogen-bond donors (Lipinski definition) is 10. The van der Waals surface area contributed by atoms with Gasteiger partial charge in [0.05, 0.1) is 37.1 Å². The largest absolute Gasteiger partial charge is 0.477 e. The van der Waals surface area contributed by atoms with E-state index in [0.29, 0.717) is 12.1 Å². The molecule has 50 heavy (non-hydrogen) atoms. The number of nitrogens with zero attached hydrogens (tertiary/aromatic N) is 5. The van der Waals surface area contributed by atoms with Crippen LogP contribution in [-0.2, 0) is 45.6 Å². The fourth-order valence-electron chi connectivity index (χ4n) is 5.42. The minimum Gasteiger partial charge on any atom is -0.477 e. The van der Waals surface area contributed by atoms with Crippen LogP contribution in [0.4, 0.5) is 5.82 Å². The first-order chi connectivity index (χ1) is 23.4. The molecule has 280 valence electrons. The van der Waals surface area contributed by atoms with E-state index >= 15 is 0 Å². The molecule has 0 spiro atoms. The molecular formula is C26H40N7O16P. The highest BCUT2D eigenvalue weighted by Crippen LogP contribution is 2.51. The number of rotatable bonds is 15. The number of amides is 1. The van der Waals surface area contributed by atoms with Gasteiger partial charge in [0.25, 0.3) is 5.79 Å². The molecule has 0 bridgehead atoms. The van der Waals surface area contributed by atoms with Crippen molar-refractivity contribution in [3.63, 3.8) is 0 Å². The van der Waals surface area contributed by atoms with Crippen molar-refractivity contribution in [2.24, 2.45) is 0 Å². The molecule has 11 N–H and O–H groups in total. The van der Waals surface area contributed by atoms with Gasteiger partial charge in [0.1, 0.15) is 42.4 Å². The quantitative estimate of drug-likeness (QED) is 0.0768. The normalized spacial score (nSPS) is 31.4. The number of anilines is 1. The van der Waals surface area contributed by atoms with Crippen LogP contribution in [-0.4, -0.2) is 144 Å². The van der Waals surface area contributed by atoms with Gasteiger partial charge in [0, 0.05) is 32.2 Å². The van der Waals surface area contributed by atoms with Crippen LogP contribution in [0.1, 0.15) is 38.6 Å². The molecule has 23 nitrogen and oxygen atoms in total. The van der Waals surface area contributed by atoms with Gasteiger partial charge in [0.2, 0.25) is 5.91 Å². The lowest BCUT2D eigenvalue weighted by atomic mass is 9.88. The first-order valence-corrected chi connectivity index (χ1v) is 16.7. The number of carbonyl (C=O) groups is 2. The molecule has 2 aromatic heterocycles. The molecule has 0 radical (unpaired) electrons. The van der Waals surface area contributed by atoms with Crippen LogP contribution in [0.3, 0.4) is 0 Å². The lowest BCUT2D eigenvalue weighted by Crippen LogP contribution is -2.67. The van der Waals surface area contributed by atoms with Crippen LogP contribution < -0.4 is 16.7 Å². The Morgan fingerprint density at radius 1 is 1.24 bits per heavy atom. The second-order valence-electron chi connectivity index (χ2n) is 11.8. The Balaban J connectivity index is 1.50. The predicted octanol–water partition coefficient (Wildman–Crippen LogP) is -4.66. The number of carboxylic acid groups (broad SMARTS) is 1. The summed E-state index contributed by atoms with van der Waals surface area (Å²) < 4.78 is 35.7. The number of carbonyl (C=O) groups excluding carboxylic acids is 1. The zero-order valence-corrected chi connectivity index (χ0v) is 27.5. The van der Waals surface area contributed by atoms with Crippen LogP contribution in [0.5, 0.6) is 0 Å². The lowest BCUT2D eigenvalue weighted by molar-refractivity contribution is -0.288. The average Bonchev–Trinajstić information content (AvgIpc) is 3.58. The van der Waals surface area contributed by atoms with Gasteiger partial charge < -0.3 is 61.2 Å². The van der Waals surface area contributed by atoms with Crippen molar-refractivity contribution in [1.29, 1.82) is 0 Å². The summed E-state index contributed by atoms with van der Waals surface area (Å²) >= 11 is 0. The van der Waals surface area contributed by atoms with Crippen molar-refractivity contribution in [3.05, 3.63) is 34.6 Å². The second-order valence-corrected chi connectivity index (χ2v) is 13.2. The number of aromatic nitrogens is 5. The first kappa shape index (κ1) is 39.3.